The second-order valence-corrected chi connectivity index (χ2v) is 4.72. The van der Waals surface area contributed by atoms with E-state index >= 15 is 0 Å². The number of hydrogen-bond acceptors (Lipinski definition) is 5. The van der Waals surface area contributed by atoms with Crippen molar-refractivity contribution in [3.63, 3.8) is 0 Å². The Labute approximate surface area is 102 Å². The zero-order valence-corrected chi connectivity index (χ0v) is 9.98. The van der Waals surface area contributed by atoms with Crippen LogP contribution in [0.4, 0.5) is 5.69 Å². The Balaban J connectivity index is 3.72. The van der Waals surface area contributed by atoms with Crippen LogP contribution in [-0.2, 0) is 14.9 Å². The Morgan fingerprint density at radius 3 is 2.28 bits per heavy atom. The summed E-state index contributed by atoms with van der Waals surface area (Å²) in [4.78, 5) is 21.0. The number of aromatic hydroxyl groups is 1. The molecule has 98 valence electrons. The van der Waals surface area contributed by atoms with Gasteiger partial charge in [0.2, 0.25) is 11.8 Å². The quantitative estimate of drug-likeness (QED) is 0.439. The predicted octanol–water partition coefficient (Wildman–Crippen LogP) is -0.304. The first kappa shape index (κ1) is 13.9. The molecule has 0 spiro atoms. The molecular weight excluding hydrogens is 264 g/mol. The molecule has 0 atom stereocenters. The average Bonchev–Trinajstić information content (AvgIpc) is 2.17. The highest BCUT2D eigenvalue weighted by molar-refractivity contribution is 7.86. The lowest BCUT2D eigenvalue weighted by atomic mass is 10.1. The smallest absolute Gasteiger partial charge is 0.297 e. The maximum absolute atomic E-state index is 11.2. The van der Waals surface area contributed by atoms with E-state index in [9.17, 15) is 23.1 Å². The lowest BCUT2D eigenvalue weighted by molar-refractivity contribution is -0.114. The van der Waals surface area contributed by atoms with Gasteiger partial charge in [0.05, 0.1) is 5.56 Å². The fraction of sp³-hybridized carbons (Fsp3) is 0.111. The van der Waals surface area contributed by atoms with E-state index in [0.29, 0.717) is 0 Å². The number of anilines is 1. The molecule has 1 aromatic rings. The number of phenols is 1. The molecule has 0 heterocycles. The predicted molar refractivity (Wildman–Crippen MR) is 60.7 cm³/mol. The molecule has 0 aliphatic heterocycles. The van der Waals surface area contributed by atoms with E-state index < -0.39 is 43.8 Å². The number of phenolic OH excluding ortho intramolecular Hbond substituents is 1. The number of primary amides is 1. The standard InChI is InChI=1S/C9H10N2O6S/c1-4(12)11-7-6(13)3-2-5(9(10)14)8(7)18(15,16)17/h2-3,13H,1H3,(H2,10,14)(H,11,12)(H,15,16,17). The summed E-state index contributed by atoms with van der Waals surface area (Å²) in [5.74, 6) is -2.45. The number of carbonyl (C=O) groups is 2. The monoisotopic (exact) mass is 274 g/mol. The van der Waals surface area contributed by atoms with Gasteiger partial charge in [0.15, 0.2) is 0 Å². The number of carbonyl (C=O) groups excluding carboxylic acids is 2. The third-order valence-electron chi connectivity index (χ3n) is 1.96. The number of rotatable bonds is 3. The summed E-state index contributed by atoms with van der Waals surface area (Å²) in [5.41, 5.74) is 3.81. The molecule has 0 aliphatic carbocycles. The van der Waals surface area contributed by atoms with Crippen LogP contribution in [0, 0.1) is 0 Å². The van der Waals surface area contributed by atoms with Crippen molar-refractivity contribution in [2.45, 2.75) is 11.8 Å². The normalized spacial score (nSPS) is 11.0. The van der Waals surface area contributed by atoms with E-state index in [0.717, 1.165) is 19.1 Å². The van der Waals surface area contributed by atoms with Gasteiger partial charge in [-0.05, 0) is 12.1 Å². The van der Waals surface area contributed by atoms with Crippen molar-refractivity contribution in [2.75, 3.05) is 5.32 Å². The fourth-order valence-electron chi connectivity index (χ4n) is 1.33. The van der Waals surface area contributed by atoms with Crippen molar-refractivity contribution in [3.8, 4) is 5.75 Å². The van der Waals surface area contributed by atoms with Gasteiger partial charge < -0.3 is 16.2 Å². The van der Waals surface area contributed by atoms with E-state index in [1.807, 2.05) is 5.32 Å². The van der Waals surface area contributed by atoms with Gasteiger partial charge in [0.1, 0.15) is 16.3 Å². The molecule has 5 N–H and O–H groups in total. The van der Waals surface area contributed by atoms with Gasteiger partial charge in [-0.1, -0.05) is 0 Å². The third-order valence-corrected chi connectivity index (χ3v) is 2.90. The Hall–Kier alpha value is -2.13. The number of benzene rings is 1. The molecule has 0 unspecified atom stereocenters. The van der Waals surface area contributed by atoms with Crippen LogP contribution in [-0.4, -0.2) is 29.9 Å². The van der Waals surface area contributed by atoms with Crippen molar-refractivity contribution >= 4 is 27.6 Å². The Morgan fingerprint density at radius 2 is 1.89 bits per heavy atom. The van der Waals surface area contributed by atoms with Gasteiger partial charge in [-0.3, -0.25) is 14.1 Å². The van der Waals surface area contributed by atoms with Crippen molar-refractivity contribution in [1.29, 1.82) is 0 Å². The summed E-state index contributed by atoms with van der Waals surface area (Å²) in [7, 11) is -4.85. The number of hydrogen-bond donors (Lipinski definition) is 4. The Morgan fingerprint density at radius 1 is 1.33 bits per heavy atom. The highest BCUT2D eigenvalue weighted by Crippen LogP contribution is 2.33. The summed E-state index contributed by atoms with van der Waals surface area (Å²) in [6.45, 7) is 1.06. The van der Waals surface area contributed by atoms with Gasteiger partial charge in [0.25, 0.3) is 10.1 Å². The van der Waals surface area contributed by atoms with Gasteiger partial charge >= 0.3 is 0 Å². The van der Waals surface area contributed by atoms with Gasteiger partial charge in [-0.2, -0.15) is 8.42 Å². The highest BCUT2D eigenvalue weighted by Gasteiger charge is 2.26. The third kappa shape index (κ3) is 2.76. The molecule has 0 bridgehead atoms. The molecule has 0 radical (unpaired) electrons. The molecule has 0 aliphatic rings. The van der Waals surface area contributed by atoms with Crippen LogP contribution in [0.3, 0.4) is 0 Å². The molecule has 8 nitrogen and oxygen atoms in total. The molecule has 18 heavy (non-hydrogen) atoms. The zero-order valence-electron chi connectivity index (χ0n) is 9.17. The maximum Gasteiger partial charge on any atom is 0.297 e. The fourth-order valence-corrected chi connectivity index (χ4v) is 2.19. The molecule has 1 rings (SSSR count). The molecule has 1 aromatic carbocycles. The van der Waals surface area contributed by atoms with Crippen LogP contribution >= 0.6 is 0 Å². The van der Waals surface area contributed by atoms with Crippen LogP contribution in [0.25, 0.3) is 0 Å². The van der Waals surface area contributed by atoms with Crippen molar-refractivity contribution in [2.24, 2.45) is 5.73 Å². The number of nitrogens with one attached hydrogen (secondary N) is 1. The summed E-state index contributed by atoms with van der Waals surface area (Å²) in [6.07, 6.45) is 0. The number of nitrogens with two attached hydrogens (primary N) is 1. The minimum Gasteiger partial charge on any atom is -0.506 e. The molecular formula is C9H10N2O6S. The molecule has 0 saturated carbocycles. The van der Waals surface area contributed by atoms with Gasteiger partial charge in [0, 0.05) is 6.92 Å². The highest BCUT2D eigenvalue weighted by atomic mass is 32.2. The van der Waals surface area contributed by atoms with Crippen molar-refractivity contribution in [1.82, 2.24) is 0 Å². The topological polar surface area (TPSA) is 147 Å². The summed E-state index contributed by atoms with van der Waals surface area (Å²) >= 11 is 0. The Kier molecular flexibility index (Phi) is 3.58. The van der Waals surface area contributed by atoms with Gasteiger partial charge in [-0.15, -0.1) is 0 Å². The van der Waals surface area contributed by atoms with Crippen LogP contribution < -0.4 is 11.1 Å². The van der Waals surface area contributed by atoms with Crippen molar-refractivity contribution in [3.05, 3.63) is 17.7 Å². The van der Waals surface area contributed by atoms with Crippen LogP contribution in [0.2, 0.25) is 0 Å². The molecule has 2 amide bonds. The summed E-state index contributed by atoms with van der Waals surface area (Å²) in [6, 6.07) is 1.89. The van der Waals surface area contributed by atoms with Crippen LogP contribution in [0.5, 0.6) is 5.75 Å². The van der Waals surface area contributed by atoms with Crippen molar-refractivity contribution < 1.29 is 27.7 Å². The number of amides is 2. The first-order chi connectivity index (χ1) is 8.14. The SMILES string of the molecule is CC(=O)Nc1c(O)ccc(C(N)=O)c1S(=O)(=O)O. The van der Waals surface area contributed by atoms with E-state index in [1.54, 1.807) is 0 Å². The van der Waals surface area contributed by atoms with Crippen LogP contribution in [0.1, 0.15) is 17.3 Å². The average molecular weight is 274 g/mol. The zero-order chi connectivity index (χ0) is 14.1. The first-order valence-corrected chi connectivity index (χ1v) is 5.99. The first-order valence-electron chi connectivity index (χ1n) is 4.55. The minimum absolute atomic E-state index is 0.543. The molecule has 0 fully saturated rings. The van der Waals surface area contributed by atoms with E-state index in [-0.39, 0.29) is 0 Å². The lowest BCUT2D eigenvalue weighted by Gasteiger charge is -2.12. The van der Waals surface area contributed by atoms with Crippen LogP contribution in [0.15, 0.2) is 17.0 Å². The van der Waals surface area contributed by atoms with E-state index in [1.165, 1.54) is 0 Å². The molecule has 0 saturated heterocycles. The Bertz CT molecular complexity index is 622. The largest absolute Gasteiger partial charge is 0.506 e. The van der Waals surface area contributed by atoms with Gasteiger partial charge in [-0.25, -0.2) is 0 Å². The van der Waals surface area contributed by atoms with E-state index in [2.05, 4.69) is 0 Å². The minimum atomic E-state index is -4.85. The molecule has 0 aromatic heterocycles. The van der Waals surface area contributed by atoms with E-state index in [4.69, 9.17) is 10.3 Å². The lowest BCUT2D eigenvalue weighted by Crippen LogP contribution is -2.19. The second kappa shape index (κ2) is 4.63. The second-order valence-electron chi connectivity index (χ2n) is 3.36. The summed E-state index contributed by atoms with van der Waals surface area (Å²) < 4.78 is 31.4. The summed E-state index contributed by atoms with van der Waals surface area (Å²) in [5, 5.41) is 11.5. The molecule has 9 heteroatoms. The maximum atomic E-state index is 11.2.